The molecule has 2 aromatic carbocycles. The summed E-state index contributed by atoms with van der Waals surface area (Å²) in [4.78, 5) is 25.8. The fourth-order valence-electron chi connectivity index (χ4n) is 3.75. The van der Waals surface area contributed by atoms with Gasteiger partial charge in [-0.25, -0.2) is 13.2 Å². The molecule has 2 N–H and O–H groups in total. The first-order chi connectivity index (χ1) is 15.8. The van der Waals surface area contributed by atoms with Crippen LogP contribution in [-0.2, 0) is 21.2 Å². The van der Waals surface area contributed by atoms with E-state index < -0.39 is 16.1 Å². The summed E-state index contributed by atoms with van der Waals surface area (Å²) < 4.78 is 33.3. The topological polar surface area (TPSA) is 108 Å². The SMILES string of the molecule is C[C@H]1Oc2cc(S(=O)(=O)N3CCN(C(=O)NCCc4ccccc4)CC3)c(Cl)cc2NC1=O. The van der Waals surface area contributed by atoms with E-state index in [0.29, 0.717) is 12.2 Å². The maximum atomic E-state index is 13.2. The summed E-state index contributed by atoms with van der Waals surface area (Å²) in [5.74, 6) is -0.0751. The molecule has 2 aromatic rings. The van der Waals surface area contributed by atoms with Crippen LogP contribution in [0, 0.1) is 0 Å². The van der Waals surface area contributed by atoms with E-state index in [-0.39, 0.29) is 53.8 Å². The van der Waals surface area contributed by atoms with Crippen molar-refractivity contribution in [2.75, 3.05) is 38.0 Å². The van der Waals surface area contributed by atoms with Gasteiger partial charge in [0.05, 0.1) is 10.7 Å². The van der Waals surface area contributed by atoms with Gasteiger partial charge in [-0.15, -0.1) is 0 Å². The minimum absolute atomic E-state index is 0.00622. The Bertz CT molecular complexity index is 1150. The molecule has 11 heteroatoms. The van der Waals surface area contributed by atoms with Gasteiger partial charge in [0.2, 0.25) is 10.0 Å². The molecule has 33 heavy (non-hydrogen) atoms. The number of nitrogens with zero attached hydrogens (tertiary/aromatic N) is 2. The van der Waals surface area contributed by atoms with Crippen molar-refractivity contribution < 1.29 is 22.7 Å². The molecular formula is C22H25ClN4O5S. The Balaban J connectivity index is 1.36. The third kappa shape index (κ3) is 5.07. The summed E-state index contributed by atoms with van der Waals surface area (Å²) >= 11 is 6.25. The van der Waals surface area contributed by atoms with Crippen LogP contribution in [0.25, 0.3) is 0 Å². The highest BCUT2D eigenvalue weighted by molar-refractivity contribution is 7.89. The third-order valence-electron chi connectivity index (χ3n) is 5.64. The summed E-state index contributed by atoms with van der Waals surface area (Å²) in [6.07, 6.45) is -0.0167. The molecule has 0 spiro atoms. The predicted octanol–water partition coefficient (Wildman–Crippen LogP) is 2.32. The molecule has 176 valence electrons. The van der Waals surface area contributed by atoms with Crippen LogP contribution in [-0.4, -0.2) is 68.4 Å². The van der Waals surface area contributed by atoms with Crippen molar-refractivity contribution in [1.29, 1.82) is 0 Å². The molecule has 0 aromatic heterocycles. The summed E-state index contributed by atoms with van der Waals surface area (Å²) in [7, 11) is -3.91. The number of fused-ring (bicyclic) bond motifs is 1. The van der Waals surface area contributed by atoms with E-state index in [4.69, 9.17) is 16.3 Å². The molecule has 0 radical (unpaired) electrons. The van der Waals surface area contributed by atoms with Gasteiger partial charge in [-0.2, -0.15) is 4.31 Å². The Morgan fingerprint density at radius 3 is 2.58 bits per heavy atom. The molecule has 0 saturated carbocycles. The Labute approximate surface area is 197 Å². The van der Waals surface area contributed by atoms with Crippen molar-refractivity contribution in [2.45, 2.75) is 24.3 Å². The van der Waals surface area contributed by atoms with Crippen LogP contribution in [0.5, 0.6) is 5.75 Å². The quantitative estimate of drug-likeness (QED) is 0.666. The van der Waals surface area contributed by atoms with Gasteiger partial charge in [-0.3, -0.25) is 4.79 Å². The zero-order chi connectivity index (χ0) is 23.6. The molecule has 2 aliphatic heterocycles. The monoisotopic (exact) mass is 492 g/mol. The molecule has 4 rings (SSSR count). The third-order valence-corrected chi connectivity index (χ3v) is 8.00. The van der Waals surface area contributed by atoms with E-state index in [2.05, 4.69) is 10.6 Å². The fraction of sp³-hybridized carbons (Fsp3) is 0.364. The van der Waals surface area contributed by atoms with Gasteiger partial charge < -0.3 is 20.3 Å². The number of urea groups is 1. The van der Waals surface area contributed by atoms with Gasteiger partial charge in [-0.1, -0.05) is 41.9 Å². The maximum Gasteiger partial charge on any atom is 0.317 e. The van der Waals surface area contributed by atoms with Gasteiger partial charge in [-0.05, 0) is 25.0 Å². The number of hydrogen-bond acceptors (Lipinski definition) is 5. The molecule has 0 bridgehead atoms. The van der Waals surface area contributed by atoms with Gasteiger partial charge >= 0.3 is 6.03 Å². The van der Waals surface area contributed by atoms with E-state index in [1.807, 2.05) is 30.3 Å². The normalized spacial score (nSPS) is 18.8. The first-order valence-corrected chi connectivity index (χ1v) is 12.5. The van der Waals surface area contributed by atoms with Crippen molar-refractivity contribution in [1.82, 2.24) is 14.5 Å². The van der Waals surface area contributed by atoms with E-state index in [1.54, 1.807) is 11.8 Å². The highest BCUT2D eigenvalue weighted by atomic mass is 35.5. The number of ether oxygens (including phenoxy) is 1. The van der Waals surface area contributed by atoms with Crippen LogP contribution >= 0.6 is 11.6 Å². The molecule has 3 amide bonds. The Morgan fingerprint density at radius 2 is 1.88 bits per heavy atom. The number of benzene rings is 2. The van der Waals surface area contributed by atoms with Crippen molar-refractivity contribution >= 4 is 39.2 Å². The van der Waals surface area contributed by atoms with E-state index in [1.165, 1.54) is 16.4 Å². The first-order valence-electron chi connectivity index (χ1n) is 10.6. The maximum absolute atomic E-state index is 13.2. The highest BCUT2D eigenvalue weighted by Crippen LogP contribution is 2.38. The molecule has 0 unspecified atom stereocenters. The molecule has 2 heterocycles. The van der Waals surface area contributed by atoms with Crippen LogP contribution in [0.15, 0.2) is 47.4 Å². The number of rotatable bonds is 5. The number of halogens is 1. The Kier molecular flexibility index (Phi) is 6.78. The zero-order valence-electron chi connectivity index (χ0n) is 18.1. The molecule has 1 fully saturated rings. The molecule has 1 saturated heterocycles. The number of piperazine rings is 1. The Morgan fingerprint density at radius 1 is 1.18 bits per heavy atom. The number of carbonyl (C=O) groups excluding carboxylic acids is 2. The van der Waals surface area contributed by atoms with E-state index in [0.717, 1.165) is 12.0 Å². The minimum Gasteiger partial charge on any atom is -0.479 e. The van der Waals surface area contributed by atoms with Gasteiger partial charge in [0, 0.05) is 38.8 Å². The molecule has 0 aliphatic carbocycles. The number of carbonyl (C=O) groups is 2. The lowest BCUT2D eigenvalue weighted by Crippen LogP contribution is -2.53. The van der Waals surface area contributed by atoms with Gasteiger partial charge in [0.15, 0.2) is 6.10 Å². The number of sulfonamides is 1. The minimum atomic E-state index is -3.91. The van der Waals surface area contributed by atoms with Crippen LogP contribution in [0.1, 0.15) is 12.5 Å². The average molecular weight is 493 g/mol. The molecule has 9 nitrogen and oxygen atoms in total. The lowest BCUT2D eigenvalue weighted by atomic mass is 10.1. The second-order valence-electron chi connectivity index (χ2n) is 7.89. The second kappa shape index (κ2) is 9.58. The van der Waals surface area contributed by atoms with E-state index >= 15 is 0 Å². The first kappa shape index (κ1) is 23.3. The Hall–Kier alpha value is -2.82. The smallest absolute Gasteiger partial charge is 0.317 e. The number of hydrogen-bond donors (Lipinski definition) is 2. The predicted molar refractivity (Wildman–Crippen MR) is 124 cm³/mol. The average Bonchev–Trinajstić information content (AvgIpc) is 2.80. The van der Waals surface area contributed by atoms with E-state index in [9.17, 15) is 18.0 Å². The summed E-state index contributed by atoms with van der Waals surface area (Å²) in [6, 6.07) is 12.4. The second-order valence-corrected chi connectivity index (χ2v) is 10.2. The summed E-state index contributed by atoms with van der Waals surface area (Å²) in [6.45, 7) is 2.91. The van der Waals surface area contributed by atoms with Crippen LogP contribution < -0.4 is 15.4 Å². The van der Waals surface area contributed by atoms with Crippen molar-refractivity contribution in [2.24, 2.45) is 0 Å². The summed E-state index contributed by atoms with van der Waals surface area (Å²) in [5.41, 5.74) is 1.47. The van der Waals surface area contributed by atoms with Crippen LogP contribution in [0.4, 0.5) is 10.5 Å². The van der Waals surface area contributed by atoms with Crippen molar-refractivity contribution in [3.05, 3.63) is 53.1 Å². The lowest BCUT2D eigenvalue weighted by Gasteiger charge is -2.34. The summed E-state index contributed by atoms with van der Waals surface area (Å²) in [5, 5.41) is 5.52. The molecule has 2 aliphatic rings. The van der Waals surface area contributed by atoms with Crippen LogP contribution in [0.2, 0.25) is 5.02 Å². The zero-order valence-corrected chi connectivity index (χ0v) is 19.7. The van der Waals surface area contributed by atoms with Gasteiger partial charge in [0.25, 0.3) is 5.91 Å². The number of amides is 3. The highest BCUT2D eigenvalue weighted by Gasteiger charge is 2.34. The van der Waals surface area contributed by atoms with Crippen molar-refractivity contribution in [3.8, 4) is 5.75 Å². The fourth-order valence-corrected chi connectivity index (χ4v) is 5.69. The molecule has 1 atom stereocenters. The number of nitrogens with one attached hydrogen (secondary N) is 2. The molecular weight excluding hydrogens is 468 g/mol. The van der Waals surface area contributed by atoms with Gasteiger partial charge in [0.1, 0.15) is 10.6 Å². The van der Waals surface area contributed by atoms with Crippen molar-refractivity contribution in [3.63, 3.8) is 0 Å². The number of anilines is 1. The standard InChI is InChI=1S/C22H25ClN4O5S/c1-15-21(28)25-18-13-17(23)20(14-19(18)32-15)33(30,31)27-11-9-26(10-12-27)22(29)24-8-7-16-5-3-2-4-6-16/h2-6,13-15H,7-12H2,1H3,(H,24,29)(H,25,28)/t15-/m1/s1. The van der Waals surface area contributed by atoms with Crippen LogP contribution in [0.3, 0.4) is 0 Å². The lowest BCUT2D eigenvalue weighted by molar-refractivity contribution is -0.122. The largest absolute Gasteiger partial charge is 0.479 e.